The summed E-state index contributed by atoms with van der Waals surface area (Å²) in [5.74, 6) is -0.166. The van der Waals surface area contributed by atoms with E-state index in [1.165, 1.54) is 0 Å². The molecule has 0 atom stereocenters. The maximum Gasteiger partial charge on any atom is 0.409 e. The van der Waals surface area contributed by atoms with Gasteiger partial charge in [0, 0.05) is 32.2 Å². The van der Waals surface area contributed by atoms with E-state index in [0.717, 1.165) is 25.1 Å². The molecular weight excluding hydrogens is 334 g/mol. The van der Waals surface area contributed by atoms with Gasteiger partial charge in [0.05, 0.1) is 18.5 Å². The Kier molecular flexibility index (Phi) is 7.65. The molecular formula is C18H29N5O3. The van der Waals surface area contributed by atoms with Crippen molar-refractivity contribution in [1.29, 1.82) is 0 Å². The van der Waals surface area contributed by atoms with Crippen molar-refractivity contribution in [2.75, 3.05) is 52.2 Å². The normalized spacial score (nSPS) is 15.0. The van der Waals surface area contributed by atoms with Gasteiger partial charge in [0.15, 0.2) is 0 Å². The van der Waals surface area contributed by atoms with Gasteiger partial charge in [0.2, 0.25) is 0 Å². The summed E-state index contributed by atoms with van der Waals surface area (Å²) in [5, 5.41) is 6.26. The minimum Gasteiger partial charge on any atom is -0.450 e. The van der Waals surface area contributed by atoms with Crippen LogP contribution in [-0.4, -0.2) is 79.7 Å². The molecule has 1 aliphatic heterocycles. The number of likely N-dealkylation sites (N-methyl/N-ethyl adjacent to an activating group) is 1. The topological polar surface area (TPSA) is 86.8 Å². The first-order valence-electron chi connectivity index (χ1n) is 9.06. The van der Waals surface area contributed by atoms with E-state index in [1.54, 1.807) is 17.2 Å². The van der Waals surface area contributed by atoms with Crippen LogP contribution in [0.5, 0.6) is 0 Å². The predicted molar refractivity (Wildman–Crippen MR) is 100 cm³/mol. The van der Waals surface area contributed by atoms with E-state index >= 15 is 0 Å². The number of anilines is 1. The molecule has 2 amide bonds. The number of piperidine rings is 1. The minimum absolute atomic E-state index is 0.166. The number of amides is 2. The van der Waals surface area contributed by atoms with Gasteiger partial charge in [-0.25, -0.2) is 9.78 Å². The van der Waals surface area contributed by atoms with E-state index in [4.69, 9.17) is 4.74 Å². The van der Waals surface area contributed by atoms with Crippen LogP contribution in [0.2, 0.25) is 0 Å². The molecule has 0 aliphatic carbocycles. The predicted octanol–water partition coefficient (Wildman–Crippen LogP) is 1.41. The van der Waals surface area contributed by atoms with Gasteiger partial charge in [-0.1, -0.05) is 0 Å². The number of nitrogens with one attached hydrogen (secondary N) is 2. The lowest BCUT2D eigenvalue weighted by molar-refractivity contribution is 0.0945. The van der Waals surface area contributed by atoms with Gasteiger partial charge in [0.1, 0.15) is 5.69 Å². The van der Waals surface area contributed by atoms with Crippen molar-refractivity contribution in [2.24, 2.45) is 0 Å². The molecule has 0 saturated carbocycles. The van der Waals surface area contributed by atoms with E-state index in [2.05, 4.69) is 15.6 Å². The fourth-order valence-corrected chi connectivity index (χ4v) is 2.75. The molecule has 2 rings (SSSR count). The van der Waals surface area contributed by atoms with Crippen LogP contribution in [0, 0.1) is 0 Å². The lowest BCUT2D eigenvalue weighted by atomic mass is 10.1. The lowest BCUT2D eigenvalue weighted by Gasteiger charge is -2.32. The number of aromatic nitrogens is 1. The number of likely N-dealkylation sites (tertiary alicyclic amines) is 1. The summed E-state index contributed by atoms with van der Waals surface area (Å²) < 4.78 is 5.03. The molecule has 26 heavy (non-hydrogen) atoms. The van der Waals surface area contributed by atoms with E-state index in [9.17, 15) is 9.59 Å². The highest BCUT2D eigenvalue weighted by atomic mass is 16.6. The third-order valence-corrected chi connectivity index (χ3v) is 4.23. The number of carbonyl (C=O) groups excluding carboxylic acids is 2. The van der Waals surface area contributed by atoms with Crippen LogP contribution in [-0.2, 0) is 4.74 Å². The number of ether oxygens (including phenoxy) is 1. The van der Waals surface area contributed by atoms with Crippen molar-refractivity contribution >= 4 is 17.7 Å². The number of hydrogen-bond donors (Lipinski definition) is 2. The van der Waals surface area contributed by atoms with E-state index in [1.807, 2.05) is 32.0 Å². The Morgan fingerprint density at radius 2 is 2.04 bits per heavy atom. The first kappa shape index (κ1) is 20.0. The highest BCUT2D eigenvalue weighted by molar-refractivity contribution is 5.92. The summed E-state index contributed by atoms with van der Waals surface area (Å²) in [4.78, 5) is 31.7. The van der Waals surface area contributed by atoms with Crippen LogP contribution in [0.4, 0.5) is 10.5 Å². The van der Waals surface area contributed by atoms with Crippen LogP contribution in [0.1, 0.15) is 30.3 Å². The summed E-state index contributed by atoms with van der Waals surface area (Å²) in [6.45, 7) is 4.94. The SMILES string of the molecule is CCOC(=O)N1CCC(Nc2ccc(C(=O)NCCN(C)C)nc2)CC1. The van der Waals surface area contributed by atoms with Gasteiger partial charge < -0.3 is 25.2 Å². The van der Waals surface area contributed by atoms with Gasteiger partial charge in [-0.3, -0.25) is 4.79 Å². The van der Waals surface area contributed by atoms with Crippen LogP contribution in [0.15, 0.2) is 18.3 Å². The smallest absolute Gasteiger partial charge is 0.409 e. The maximum absolute atomic E-state index is 12.0. The fraction of sp³-hybridized carbons (Fsp3) is 0.611. The van der Waals surface area contributed by atoms with Crippen molar-refractivity contribution in [2.45, 2.75) is 25.8 Å². The molecule has 8 nitrogen and oxygen atoms in total. The van der Waals surface area contributed by atoms with Gasteiger partial charge in [-0.2, -0.15) is 0 Å². The van der Waals surface area contributed by atoms with Crippen molar-refractivity contribution in [1.82, 2.24) is 20.1 Å². The average molecular weight is 363 g/mol. The van der Waals surface area contributed by atoms with E-state index in [0.29, 0.717) is 31.9 Å². The van der Waals surface area contributed by atoms with Crippen LogP contribution >= 0.6 is 0 Å². The Hall–Kier alpha value is -2.35. The molecule has 2 heterocycles. The Balaban J connectivity index is 1.77. The highest BCUT2D eigenvalue weighted by Gasteiger charge is 2.23. The lowest BCUT2D eigenvalue weighted by Crippen LogP contribution is -2.42. The zero-order valence-corrected chi connectivity index (χ0v) is 15.8. The molecule has 0 aromatic carbocycles. The third kappa shape index (κ3) is 6.18. The molecule has 0 bridgehead atoms. The van der Waals surface area contributed by atoms with E-state index < -0.39 is 0 Å². The third-order valence-electron chi connectivity index (χ3n) is 4.23. The molecule has 1 aromatic rings. The molecule has 144 valence electrons. The molecule has 0 radical (unpaired) electrons. The Bertz CT molecular complexity index is 583. The molecule has 1 saturated heterocycles. The minimum atomic E-state index is -0.239. The molecule has 8 heteroatoms. The zero-order chi connectivity index (χ0) is 18.9. The summed E-state index contributed by atoms with van der Waals surface area (Å²) in [6.07, 6.45) is 3.15. The van der Waals surface area contributed by atoms with Gasteiger partial charge in [0.25, 0.3) is 5.91 Å². The molecule has 1 fully saturated rings. The highest BCUT2D eigenvalue weighted by Crippen LogP contribution is 2.17. The Morgan fingerprint density at radius 3 is 2.62 bits per heavy atom. The molecule has 2 N–H and O–H groups in total. The second kappa shape index (κ2) is 9.96. The van der Waals surface area contributed by atoms with Crippen LogP contribution < -0.4 is 10.6 Å². The number of hydrogen-bond acceptors (Lipinski definition) is 6. The maximum atomic E-state index is 12.0. The fourth-order valence-electron chi connectivity index (χ4n) is 2.75. The van der Waals surface area contributed by atoms with Gasteiger partial charge >= 0.3 is 6.09 Å². The quantitative estimate of drug-likeness (QED) is 0.762. The number of nitrogens with zero attached hydrogens (tertiary/aromatic N) is 3. The number of pyridine rings is 1. The Morgan fingerprint density at radius 1 is 1.31 bits per heavy atom. The summed E-state index contributed by atoms with van der Waals surface area (Å²) in [5.41, 5.74) is 1.29. The second-order valence-corrected chi connectivity index (χ2v) is 6.60. The number of rotatable bonds is 7. The summed E-state index contributed by atoms with van der Waals surface area (Å²) in [6, 6.07) is 3.87. The average Bonchev–Trinajstić information content (AvgIpc) is 2.63. The summed E-state index contributed by atoms with van der Waals surface area (Å²) >= 11 is 0. The largest absolute Gasteiger partial charge is 0.450 e. The first-order valence-corrected chi connectivity index (χ1v) is 9.06. The van der Waals surface area contributed by atoms with Crippen molar-refractivity contribution in [3.05, 3.63) is 24.0 Å². The zero-order valence-electron chi connectivity index (χ0n) is 15.8. The second-order valence-electron chi connectivity index (χ2n) is 6.60. The van der Waals surface area contributed by atoms with Gasteiger partial charge in [-0.05, 0) is 46.0 Å². The van der Waals surface area contributed by atoms with E-state index in [-0.39, 0.29) is 18.0 Å². The van der Waals surface area contributed by atoms with Gasteiger partial charge in [-0.15, -0.1) is 0 Å². The molecule has 0 unspecified atom stereocenters. The standard InChI is InChI=1S/C18H29N5O3/c1-4-26-18(25)23-10-7-14(8-11-23)21-15-5-6-16(20-13-15)17(24)19-9-12-22(2)3/h5-6,13-14,21H,4,7-12H2,1-3H3,(H,19,24). The summed E-state index contributed by atoms with van der Waals surface area (Å²) in [7, 11) is 3.92. The first-order chi connectivity index (χ1) is 12.5. The van der Waals surface area contributed by atoms with Crippen molar-refractivity contribution in [3.63, 3.8) is 0 Å². The molecule has 1 aromatic heterocycles. The van der Waals surface area contributed by atoms with Crippen LogP contribution in [0.25, 0.3) is 0 Å². The monoisotopic (exact) mass is 363 g/mol. The molecule has 0 spiro atoms. The van der Waals surface area contributed by atoms with Crippen molar-refractivity contribution < 1.29 is 14.3 Å². The molecule has 1 aliphatic rings. The van der Waals surface area contributed by atoms with Crippen LogP contribution in [0.3, 0.4) is 0 Å². The number of carbonyl (C=O) groups is 2. The van der Waals surface area contributed by atoms with Crippen molar-refractivity contribution in [3.8, 4) is 0 Å². The Labute approximate surface area is 154 Å².